The third kappa shape index (κ3) is 5.05. The van der Waals surface area contributed by atoms with E-state index in [1.54, 1.807) is 0 Å². The number of thioether (sulfide) groups is 1. The van der Waals surface area contributed by atoms with Gasteiger partial charge in [0, 0.05) is 7.11 Å². The fourth-order valence-electron chi connectivity index (χ4n) is 2.84. The standard InChI is InChI=1S/C20H23FO3S/c1-22-20-18(21)19(24-13-16-10-6-3-7-11-16)17(25-20)14-23-12-15-8-4-2-5-9-15/h2-11,17-20H,12-14H2,1H3/t17-,18-,19-,20?/m1/s1. The summed E-state index contributed by atoms with van der Waals surface area (Å²) in [5.74, 6) is 0. The van der Waals surface area contributed by atoms with Crippen molar-refractivity contribution in [2.45, 2.75) is 36.2 Å². The van der Waals surface area contributed by atoms with Gasteiger partial charge in [-0.1, -0.05) is 60.7 Å². The Morgan fingerprint density at radius 2 is 1.52 bits per heavy atom. The molecule has 4 atom stereocenters. The summed E-state index contributed by atoms with van der Waals surface area (Å²) in [7, 11) is 1.53. The molecule has 0 bridgehead atoms. The number of rotatable bonds is 8. The molecule has 3 nitrogen and oxygen atoms in total. The highest BCUT2D eigenvalue weighted by atomic mass is 32.2. The van der Waals surface area contributed by atoms with Crippen LogP contribution in [-0.2, 0) is 27.4 Å². The van der Waals surface area contributed by atoms with Gasteiger partial charge in [0.05, 0.1) is 25.1 Å². The van der Waals surface area contributed by atoms with Crippen molar-refractivity contribution in [1.29, 1.82) is 0 Å². The normalized spacial score (nSPS) is 26.0. The van der Waals surface area contributed by atoms with Crippen molar-refractivity contribution < 1.29 is 18.6 Å². The lowest BCUT2D eigenvalue weighted by atomic mass is 10.1. The van der Waals surface area contributed by atoms with Crippen LogP contribution < -0.4 is 0 Å². The molecule has 0 aliphatic carbocycles. The van der Waals surface area contributed by atoms with Gasteiger partial charge in [0.15, 0.2) is 6.17 Å². The monoisotopic (exact) mass is 362 g/mol. The first-order valence-corrected chi connectivity index (χ1v) is 9.31. The van der Waals surface area contributed by atoms with Gasteiger partial charge in [-0.3, -0.25) is 0 Å². The Bertz CT molecular complexity index is 625. The van der Waals surface area contributed by atoms with Crippen molar-refractivity contribution in [1.82, 2.24) is 0 Å². The highest BCUT2D eigenvalue weighted by Crippen LogP contribution is 2.39. The van der Waals surface area contributed by atoms with E-state index in [0.717, 1.165) is 11.1 Å². The average Bonchev–Trinajstić information content (AvgIpc) is 2.97. The van der Waals surface area contributed by atoms with Gasteiger partial charge in [0.1, 0.15) is 11.5 Å². The first kappa shape index (κ1) is 18.4. The van der Waals surface area contributed by atoms with Gasteiger partial charge < -0.3 is 14.2 Å². The van der Waals surface area contributed by atoms with E-state index >= 15 is 0 Å². The van der Waals surface area contributed by atoms with Crippen molar-refractivity contribution in [2.75, 3.05) is 13.7 Å². The van der Waals surface area contributed by atoms with Crippen LogP contribution in [0.5, 0.6) is 0 Å². The van der Waals surface area contributed by atoms with E-state index in [0.29, 0.717) is 19.8 Å². The summed E-state index contributed by atoms with van der Waals surface area (Å²) < 4.78 is 31.6. The molecule has 1 unspecified atom stereocenters. The summed E-state index contributed by atoms with van der Waals surface area (Å²) in [5.41, 5.74) is 1.63. The lowest BCUT2D eigenvalue weighted by Crippen LogP contribution is -2.34. The molecule has 1 aliphatic heterocycles. The second-order valence-electron chi connectivity index (χ2n) is 5.98. The second-order valence-corrected chi connectivity index (χ2v) is 7.33. The van der Waals surface area contributed by atoms with Gasteiger partial charge in [0.2, 0.25) is 0 Å². The summed E-state index contributed by atoms with van der Waals surface area (Å²) in [5, 5.41) is -0.0904. The third-order valence-electron chi connectivity index (χ3n) is 4.16. The van der Waals surface area contributed by atoms with Crippen LogP contribution in [0, 0.1) is 0 Å². The van der Waals surface area contributed by atoms with E-state index in [1.807, 2.05) is 60.7 Å². The minimum Gasteiger partial charge on any atom is -0.376 e. The Labute approximate surface area is 152 Å². The van der Waals surface area contributed by atoms with Crippen molar-refractivity contribution in [2.24, 2.45) is 0 Å². The number of hydrogen-bond acceptors (Lipinski definition) is 4. The summed E-state index contributed by atoms with van der Waals surface area (Å²) in [6.07, 6.45) is -1.70. The van der Waals surface area contributed by atoms with E-state index in [4.69, 9.17) is 14.2 Å². The SMILES string of the molecule is COC1S[C@H](COCc2ccccc2)[C@@H](OCc2ccccc2)[C@H]1F. The van der Waals surface area contributed by atoms with Crippen molar-refractivity contribution >= 4 is 11.8 Å². The molecule has 0 spiro atoms. The lowest BCUT2D eigenvalue weighted by Gasteiger charge is -2.21. The maximum Gasteiger partial charge on any atom is 0.163 e. The van der Waals surface area contributed by atoms with Gasteiger partial charge >= 0.3 is 0 Å². The topological polar surface area (TPSA) is 27.7 Å². The van der Waals surface area contributed by atoms with Crippen LogP contribution in [0.15, 0.2) is 60.7 Å². The van der Waals surface area contributed by atoms with Crippen LogP contribution in [0.4, 0.5) is 4.39 Å². The van der Waals surface area contributed by atoms with Gasteiger partial charge in [-0.05, 0) is 11.1 Å². The molecule has 2 aromatic rings. The fraction of sp³-hybridized carbons (Fsp3) is 0.400. The second kappa shape index (κ2) is 9.34. The molecule has 5 heteroatoms. The Hall–Kier alpha value is -1.40. The molecule has 134 valence electrons. The van der Waals surface area contributed by atoms with Crippen LogP contribution in [0.1, 0.15) is 11.1 Å². The minimum atomic E-state index is -1.16. The number of alkyl halides is 1. The molecule has 1 aliphatic rings. The molecule has 1 fully saturated rings. The Kier molecular flexibility index (Phi) is 6.87. The van der Waals surface area contributed by atoms with Gasteiger partial charge in [0.25, 0.3) is 0 Å². The fourth-order valence-corrected chi connectivity index (χ4v) is 4.16. The highest BCUT2D eigenvalue weighted by molar-refractivity contribution is 8.00. The first-order chi connectivity index (χ1) is 12.3. The summed E-state index contributed by atoms with van der Waals surface area (Å²) in [4.78, 5) is 0. The quantitative estimate of drug-likeness (QED) is 0.703. The lowest BCUT2D eigenvalue weighted by molar-refractivity contribution is -0.0447. The maximum absolute atomic E-state index is 14.6. The predicted molar refractivity (Wildman–Crippen MR) is 98.2 cm³/mol. The molecular formula is C20H23FO3S. The highest BCUT2D eigenvalue weighted by Gasteiger charge is 2.45. The van der Waals surface area contributed by atoms with Crippen LogP contribution in [0.25, 0.3) is 0 Å². The maximum atomic E-state index is 14.6. The van der Waals surface area contributed by atoms with Crippen LogP contribution in [0.3, 0.4) is 0 Å². The van der Waals surface area contributed by atoms with Gasteiger partial charge in [-0.2, -0.15) is 0 Å². The molecule has 0 aromatic heterocycles. The Morgan fingerprint density at radius 3 is 2.12 bits per heavy atom. The van der Waals surface area contributed by atoms with E-state index in [-0.39, 0.29) is 5.25 Å². The zero-order valence-electron chi connectivity index (χ0n) is 14.2. The average molecular weight is 362 g/mol. The summed E-state index contributed by atoms with van der Waals surface area (Å²) >= 11 is 1.45. The van der Waals surface area contributed by atoms with Crippen LogP contribution in [0.2, 0.25) is 0 Å². The Balaban J connectivity index is 1.55. The predicted octanol–water partition coefficient (Wildman–Crippen LogP) is 4.21. The summed E-state index contributed by atoms with van der Waals surface area (Å²) in [6, 6.07) is 19.8. The minimum absolute atomic E-state index is 0.0904. The number of methoxy groups -OCH3 is 1. The molecule has 2 aromatic carbocycles. The molecule has 1 heterocycles. The smallest absolute Gasteiger partial charge is 0.163 e. The zero-order chi connectivity index (χ0) is 17.5. The number of halogens is 1. The van der Waals surface area contributed by atoms with Crippen molar-refractivity contribution in [3.05, 3.63) is 71.8 Å². The van der Waals surface area contributed by atoms with E-state index in [2.05, 4.69) is 0 Å². The Morgan fingerprint density at radius 1 is 0.920 bits per heavy atom. The molecular weight excluding hydrogens is 339 g/mol. The first-order valence-electron chi connectivity index (χ1n) is 8.37. The van der Waals surface area contributed by atoms with Crippen molar-refractivity contribution in [3.8, 4) is 0 Å². The number of ether oxygens (including phenoxy) is 3. The van der Waals surface area contributed by atoms with E-state index in [9.17, 15) is 4.39 Å². The molecule has 25 heavy (non-hydrogen) atoms. The molecule has 3 rings (SSSR count). The van der Waals surface area contributed by atoms with Crippen LogP contribution >= 0.6 is 11.8 Å². The molecule has 0 amide bonds. The third-order valence-corrected chi connectivity index (χ3v) is 5.64. The number of benzene rings is 2. The van der Waals surface area contributed by atoms with Crippen LogP contribution in [-0.4, -0.2) is 36.7 Å². The zero-order valence-corrected chi connectivity index (χ0v) is 15.0. The van der Waals surface area contributed by atoms with E-state index < -0.39 is 17.7 Å². The van der Waals surface area contributed by atoms with Gasteiger partial charge in [-0.25, -0.2) is 4.39 Å². The van der Waals surface area contributed by atoms with Gasteiger partial charge in [-0.15, -0.1) is 11.8 Å². The molecule has 0 radical (unpaired) electrons. The summed E-state index contributed by atoms with van der Waals surface area (Å²) in [6.45, 7) is 1.33. The largest absolute Gasteiger partial charge is 0.376 e. The molecule has 0 saturated carbocycles. The van der Waals surface area contributed by atoms with Crippen molar-refractivity contribution in [3.63, 3.8) is 0 Å². The molecule has 1 saturated heterocycles. The van der Waals surface area contributed by atoms with E-state index in [1.165, 1.54) is 18.9 Å². The number of hydrogen-bond donors (Lipinski definition) is 0. The molecule has 0 N–H and O–H groups in total.